The third-order valence-electron chi connectivity index (χ3n) is 1.98. The predicted octanol–water partition coefficient (Wildman–Crippen LogP) is 2.19. The third kappa shape index (κ3) is 1.89. The maximum Gasteiger partial charge on any atom is 0.249 e. The molecule has 0 aliphatic heterocycles. The van der Waals surface area contributed by atoms with Gasteiger partial charge in [0.15, 0.2) is 11.6 Å². The van der Waals surface area contributed by atoms with E-state index in [1.54, 1.807) is 13.8 Å². The van der Waals surface area contributed by atoms with Gasteiger partial charge in [-0.2, -0.15) is 0 Å². The van der Waals surface area contributed by atoms with Gasteiger partial charge in [0, 0.05) is 5.56 Å². The van der Waals surface area contributed by atoms with Crippen LogP contribution in [0.1, 0.15) is 35.7 Å². The van der Waals surface area contributed by atoms with Gasteiger partial charge < -0.3 is 5.73 Å². The standard InChI is InChI=1S/C10H11F2NO/c1-5(2)6-3-8(11)9(12)4-7(6)10(13)14/h3-5H,1-2H3,(H2,13,14). The van der Waals surface area contributed by atoms with Crippen molar-refractivity contribution in [1.29, 1.82) is 0 Å². The van der Waals surface area contributed by atoms with Crippen LogP contribution in [0.2, 0.25) is 0 Å². The Labute approximate surface area is 80.7 Å². The van der Waals surface area contributed by atoms with E-state index >= 15 is 0 Å². The number of hydrogen-bond donors (Lipinski definition) is 1. The highest BCUT2D eigenvalue weighted by Crippen LogP contribution is 2.22. The van der Waals surface area contributed by atoms with E-state index < -0.39 is 17.5 Å². The summed E-state index contributed by atoms with van der Waals surface area (Å²) in [6.45, 7) is 3.55. The summed E-state index contributed by atoms with van der Waals surface area (Å²) in [5.74, 6) is -2.83. The molecule has 1 rings (SSSR count). The first-order valence-electron chi connectivity index (χ1n) is 4.22. The van der Waals surface area contributed by atoms with Crippen molar-refractivity contribution < 1.29 is 13.6 Å². The molecule has 0 heterocycles. The molecule has 0 aliphatic rings. The van der Waals surface area contributed by atoms with Gasteiger partial charge in [-0.1, -0.05) is 13.8 Å². The van der Waals surface area contributed by atoms with Gasteiger partial charge in [-0.3, -0.25) is 4.79 Å². The second-order valence-electron chi connectivity index (χ2n) is 3.37. The smallest absolute Gasteiger partial charge is 0.249 e. The number of primary amides is 1. The maximum absolute atomic E-state index is 12.9. The highest BCUT2D eigenvalue weighted by Gasteiger charge is 2.15. The van der Waals surface area contributed by atoms with E-state index in [2.05, 4.69) is 0 Å². The first kappa shape index (κ1) is 10.6. The zero-order valence-electron chi connectivity index (χ0n) is 7.97. The number of rotatable bonds is 2. The predicted molar refractivity (Wildman–Crippen MR) is 49.0 cm³/mol. The van der Waals surface area contributed by atoms with Crippen LogP contribution >= 0.6 is 0 Å². The molecule has 0 saturated carbocycles. The quantitative estimate of drug-likeness (QED) is 0.779. The Hall–Kier alpha value is -1.45. The van der Waals surface area contributed by atoms with Crippen LogP contribution in [0.5, 0.6) is 0 Å². The van der Waals surface area contributed by atoms with Crippen molar-refractivity contribution in [3.8, 4) is 0 Å². The largest absolute Gasteiger partial charge is 0.366 e. The van der Waals surface area contributed by atoms with Crippen LogP contribution in [0.25, 0.3) is 0 Å². The number of carbonyl (C=O) groups excluding carboxylic acids is 1. The Kier molecular flexibility index (Phi) is 2.84. The molecule has 0 aromatic heterocycles. The van der Waals surface area contributed by atoms with E-state index in [-0.39, 0.29) is 11.5 Å². The van der Waals surface area contributed by atoms with Crippen LogP contribution in [0.4, 0.5) is 8.78 Å². The minimum Gasteiger partial charge on any atom is -0.366 e. The van der Waals surface area contributed by atoms with E-state index in [0.717, 1.165) is 12.1 Å². The first-order valence-corrected chi connectivity index (χ1v) is 4.22. The van der Waals surface area contributed by atoms with E-state index in [1.807, 2.05) is 0 Å². The first-order chi connectivity index (χ1) is 6.43. The molecule has 0 radical (unpaired) electrons. The van der Waals surface area contributed by atoms with Gasteiger partial charge in [0.05, 0.1) is 0 Å². The molecule has 1 amide bonds. The summed E-state index contributed by atoms with van der Waals surface area (Å²) >= 11 is 0. The van der Waals surface area contributed by atoms with E-state index in [0.29, 0.717) is 5.56 Å². The number of benzene rings is 1. The lowest BCUT2D eigenvalue weighted by Crippen LogP contribution is -2.15. The molecule has 1 aromatic carbocycles. The van der Waals surface area contributed by atoms with Crippen molar-refractivity contribution in [2.24, 2.45) is 5.73 Å². The summed E-state index contributed by atoms with van der Waals surface area (Å²) in [5.41, 5.74) is 5.51. The highest BCUT2D eigenvalue weighted by molar-refractivity contribution is 5.94. The lowest BCUT2D eigenvalue weighted by Gasteiger charge is -2.10. The summed E-state index contributed by atoms with van der Waals surface area (Å²) in [4.78, 5) is 10.9. The summed E-state index contributed by atoms with van der Waals surface area (Å²) < 4.78 is 25.7. The maximum atomic E-state index is 12.9. The molecule has 4 heteroatoms. The summed E-state index contributed by atoms with van der Waals surface area (Å²) in [5, 5.41) is 0. The fraction of sp³-hybridized carbons (Fsp3) is 0.300. The second-order valence-corrected chi connectivity index (χ2v) is 3.37. The van der Waals surface area contributed by atoms with Crippen molar-refractivity contribution in [3.05, 3.63) is 34.9 Å². The van der Waals surface area contributed by atoms with Crippen LogP contribution in [0, 0.1) is 11.6 Å². The molecule has 76 valence electrons. The average Bonchev–Trinajstić information content (AvgIpc) is 2.08. The third-order valence-corrected chi connectivity index (χ3v) is 1.98. The van der Waals surface area contributed by atoms with Gasteiger partial charge in [-0.05, 0) is 23.6 Å². The summed E-state index contributed by atoms with van der Waals surface area (Å²) in [6, 6.07) is 1.85. The van der Waals surface area contributed by atoms with Crippen LogP contribution in [-0.2, 0) is 0 Å². The second kappa shape index (κ2) is 3.74. The molecule has 2 N–H and O–H groups in total. The minimum atomic E-state index is -1.05. The molecule has 0 atom stereocenters. The molecule has 0 bridgehead atoms. The van der Waals surface area contributed by atoms with Gasteiger partial charge in [0.2, 0.25) is 5.91 Å². The van der Waals surface area contributed by atoms with Crippen molar-refractivity contribution in [2.75, 3.05) is 0 Å². The monoisotopic (exact) mass is 199 g/mol. The van der Waals surface area contributed by atoms with Crippen LogP contribution in [0.15, 0.2) is 12.1 Å². The SMILES string of the molecule is CC(C)c1cc(F)c(F)cc1C(N)=O. The van der Waals surface area contributed by atoms with Gasteiger partial charge in [-0.25, -0.2) is 8.78 Å². The van der Waals surface area contributed by atoms with E-state index in [9.17, 15) is 13.6 Å². The zero-order valence-corrected chi connectivity index (χ0v) is 7.97. The summed E-state index contributed by atoms with van der Waals surface area (Å²) in [6.07, 6.45) is 0. The Balaban J connectivity index is 3.39. The van der Waals surface area contributed by atoms with Gasteiger partial charge in [0.25, 0.3) is 0 Å². The van der Waals surface area contributed by atoms with Crippen molar-refractivity contribution >= 4 is 5.91 Å². The van der Waals surface area contributed by atoms with Gasteiger partial charge in [0.1, 0.15) is 0 Å². The van der Waals surface area contributed by atoms with E-state index in [4.69, 9.17) is 5.73 Å². The number of carbonyl (C=O) groups is 1. The molecule has 0 saturated heterocycles. The van der Waals surface area contributed by atoms with Crippen molar-refractivity contribution in [2.45, 2.75) is 19.8 Å². The molecule has 0 unspecified atom stereocenters. The van der Waals surface area contributed by atoms with Crippen molar-refractivity contribution in [1.82, 2.24) is 0 Å². The zero-order chi connectivity index (χ0) is 10.9. The minimum absolute atomic E-state index is 0.0406. The fourth-order valence-corrected chi connectivity index (χ4v) is 1.25. The Morgan fingerprint density at radius 3 is 2.21 bits per heavy atom. The normalized spacial score (nSPS) is 10.6. The Bertz CT molecular complexity index is 375. The average molecular weight is 199 g/mol. The lowest BCUT2D eigenvalue weighted by atomic mass is 9.96. The number of halogens is 2. The number of hydrogen-bond acceptors (Lipinski definition) is 1. The topological polar surface area (TPSA) is 43.1 Å². The molecule has 2 nitrogen and oxygen atoms in total. The molecule has 1 aromatic rings. The lowest BCUT2D eigenvalue weighted by molar-refractivity contribution is 0.0998. The Morgan fingerprint density at radius 1 is 1.29 bits per heavy atom. The van der Waals surface area contributed by atoms with E-state index in [1.165, 1.54) is 0 Å². The number of amides is 1. The fourth-order valence-electron chi connectivity index (χ4n) is 1.25. The molecule has 0 aliphatic carbocycles. The molecule has 14 heavy (non-hydrogen) atoms. The number of nitrogens with two attached hydrogens (primary N) is 1. The molecule has 0 fully saturated rings. The Morgan fingerprint density at radius 2 is 1.79 bits per heavy atom. The summed E-state index contributed by atoms with van der Waals surface area (Å²) in [7, 11) is 0. The van der Waals surface area contributed by atoms with Crippen LogP contribution < -0.4 is 5.73 Å². The molecular weight excluding hydrogens is 188 g/mol. The van der Waals surface area contributed by atoms with Crippen LogP contribution in [-0.4, -0.2) is 5.91 Å². The molecule has 0 spiro atoms. The van der Waals surface area contributed by atoms with Gasteiger partial charge >= 0.3 is 0 Å². The molecular formula is C10H11F2NO. The van der Waals surface area contributed by atoms with Crippen molar-refractivity contribution in [3.63, 3.8) is 0 Å². The highest BCUT2D eigenvalue weighted by atomic mass is 19.2. The van der Waals surface area contributed by atoms with Crippen LogP contribution in [0.3, 0.4) is 0 Å². The van der Waals surface area contributed by atoms with Gasteiger partial charge in [-0.15, -0.1) is 0 Å².